The molecule has 3 aromatic rings. The number of ether oxygens (including phenoxy) is 1. The Hall–Kier alpha value is -2.88. The number of hydrogen-bond donors (Lipinski definition) is 0. The minimum Gasteiger partial charge on any atom is -0.404 e. The highest BCUT2D eigenvalue weighted by atomic mass is 16.5. The van der Waals surface area contributed by atoms with Gasteiger partial charge in [-0.3, -0.25) is 0 Å². The molecule has 1 aromatic heterocycles. The van der Waals surface area contributed by atoms with Crippen LogP contribution in [0.5, 0.6) is 5.88 Å². The number of benzene rings is 2. The Morgan fingerprint density at radius 2 is 1.69 bits per heavy atom. The number of hydrogen-bond acceptors (Lipinski definition) is 3. The maximum absolute atomic E-state index is 12.6. The molecule has 0 amide bonds. The Morgan fingerprint density at radius 3 is 2.35 bits per heavy atom. The van der Waals surface area contributed by atoms with E-state index in [1.54, 1.807) is 16.8 Å². The molecule has 0 N–H and O–H groups in total. The summed E-state index contributed by atoms with van der Waals surface area (Å²) in [5.41, 5.74) is 5.74. The molecule has 4 nitrogen and oxygen atoms in total. The number of esters is 1. The summed E-state index contributed by atoms with van der Waals surface area (Å²) >= 11 is 0. The van der Waals surface area contributed by atoms with E-state index < -0.39 is 0 Å². The van der Waals surface area contributed by atoms with Crippen LogP contribution in [0.15, 0.2) is 48.5 Å². The van der Waals surface area contributed by atoms with Gasteiger partial charge in [0.2, 0.25) is 5.88 Å². The summed E-state index contributed by atoms with van der Waals surface area (Å²) in [5, 5.41) is 4.66. The highest BCUT2D eigenvalue weighted by Crippen LogP contribution is 2.24. The van der Waals surface area contributed by atoms with E-state index in [0.717, 1.165) is 35.3 Å². The van der Waals surface area contributed by atoms with Crippen molar-refractivity contribution in [3.63, 3.8) is 0 Å². The summed E-state index contributed by atoms with van der Waals surface area (Å²) in [4.78, 5) is 12.6. The van der Waals surface area contributed by atoms with Gasteiger partial charge in [-0.25, -0.2) is 9.48 Å². The van der Waals surface area contributed by atoms with Crippen molar-refractivity contribution >= 4 is 5.97 Å². The van der Waals surface area contributed by atoms with Gasteiger partial charge in [0, 0.05) is 6.07 Å². The van der Waals surface area contributed by atoms with Crippen LogP contribution in [0.25, 0.3) is 5.69 Å². The second kappa shape index (κ2) is 7.56. The maximum atomic E-state index is 12.6. The van der Waals surface area contributed by atoms with Crippen molar-refractivity contribution in [3.8, 4) is 11.6 Å². The average Bonchev–Trinajstić information content (AvgIpc) is 2.98. The van der Waals surface area contributed by atoms with Crippen LogP contribution in [-0.4, -0.2) is 15.7 Å². The van der Waals surface area contributed by atoms with E-state index in [2.05, 4.69) is 25.0 Å². The van der Waals surface area contributed by atoms with E-state index >= 15 is 0 Å². The second-order valence-electron chi connectivity index (χ2n) is 6.68. The number of nitrogens with zero attached hydrogens (tertiary/aromatic N) is 2. The second-order valence-corrected chi connectivity index (χ2v) is 6.68. The largest absolute Gasteiger partial charge is 0.404 e. The van der Waals surface area contributed by atoms with Crippen molar-refractivity contribution < 1.29 is 9.53 Å². The number of carbonyl (C=O) groups is 1. The van der Waals surface area contributed by atoms with Crippen molar-refractivity contribution in [2.24, 2.45) is 0 Å². The van der Waals surface area contributed by atoms with Crippen LogP contribution in [-0.2, 0) is 6.42 Å². The molecule has 0 saturated heterocycles. The Kier molecular flexibility index (Phi) is 5.21. The highest BCUT2D eigenvalue weighted by molar-refractivity contribution is 5.91. The first-order valence-corrected chi connectivity index (χ1v) is 8.93. The van der Waals surface area contributed by atoms with Gasteiger partial charge in [0.1, 0.15) is 0 Å². The molecule has 4 heteroatoms. The summed E-state index contributed by atoms with van der Waals surface area (Å²) in [6, 6.07) is 15.4. The molecule has 0 bridgehead atoms. The van der Waals surface area contributed by atoms with Gasteiger partial charge in [0.25, 0.3) is 0 Å². The van der Waals surface area contributed by atoms with E-state index in [1.807, 2.05) is 44.2 Å². The monoisotopic (exact) mass is 348 g/mol. The lowest BCUT2D eigenvalue weighted by atomic mass is 10.1. The third kappa shape index (κ3) is 3.85. The molecular formula is C22H24N2O2. The van der Waals surface area contributed by atoms with Crippen molar-refractivity contribution in [2.45, 2.75) is 40.5 Å². The predicted molar refractivity (Wildman–Crippen MR) is 103 cm³/mol. The quantitative estimate of drug-likeness (QED) is 0.612. The predicted octanol–water partition coefficient (Wildman–Crippen LogP) is 4.97. The van der Waals surface area contributed by atoms with Crippen LogP contribution in [0.4, 0.5) is 0 Å². The van der Waals surface area contributed by atoms with E-state index in [0.29, 0.717) is 11.4 Å². The molecule has 0 spiro atoms. The minimum atomic E-state index is -0.376. The zero-order valence-electron chi connectivity index (χ0n) is 15.7. The third-order valence-corrected chi connectivity index (χ3v) is 4.30. The minimum absolute atomic E-state index is 0.376. The molecule has 0 saturated carbocycles. The van der Waals surface area contributed by atoms with Gasteiger partial charge >= 0.3 is 5.97 Å². The maximum Gasteiger partial charge on any atom is 0.344 e. The molecule has 0 aliphatic rings. The molecule has 3 rings (SSSR count). The first-order chi connectivity index (χ1) is 12.5. The smallest absolute Gasteiger partial charge is 0.344 e. The van der Waals surface area contributed by atoms with Gasteiger partial charge < -0.3 is 4.74 Å². The number of aromatic nitrogens is 2. The summed E-state index contributed by atoms with van der Waals surface area (Å²) in [6.07, 6.45) is 1.82. The van der Waals surface area contributed by atoms with E-state index in [4.69, 9.17) is 4.74 Å². The van der Waals surface area contributed by atoms with Gasteiger partial charge in [-0.05, 0) is 51.0 Å². The zero-order chi connectivity index (χ0) is 18.7. The number of aryl methyl sites for hydroxylation is 4. The Labute approximate surface area is 154 Å². The Bertz CT molecular complexity index is 924. The molecule has 0 unspecified atom stereocenters. The van der Waals surface area contributed by atoms with Crippen molar-refractivity contribution in [2.75, 3.05) is 0 Å². The first-order valence-electron chi connectivity index (χ1n) is 8.93. The first kappa shape index (κ1) is 17.9. The molecule has 0 aliphatic heterocycles. The van der Waals surface area contributed by atoms with Gasteiger partial charge in [0.15, 0.2) is 0 Å². The fourth-order valence-electron chi connectivity index (χ4n) is 2.92. The topological polar surface area (TPSA) is 44.1 Å². The zero-order valence-corrected chi connectivity index (χ0v) is 15.7. The number of rotatable bonds is 5. The molecule has 0 radical (unpaired) electrons. The van der Waals surface area contributed by atoms with Crippen LogP contribution in [0.2, 0.25) is 0 Å². The molecule has 134 valence electrons. The number of carbonyl (C=O) groups excluding carboxylic acids is 1. The van der Waals surface area contributed by atoms with Gasteiger partial charge in [-0.1, -0.05) is 48.7 Å². The summed E-state index contributed by atoms with van der Waals surface area (Å²) in [5.74, 6) is 0.0740. The standard InChI is InChI=1S/C22H24N2O2/c1-5-6-19-14-21(26-22(25)18-10-7-15(2)8-11-18)24(23-19)20-12-9-16(3)13-17(20)4/h7-14H,5-6H2,1-4H3. The van der Waals surface area contributed by atoms with Crippen molar-refractivity contribution in [1.82, 2.24) is 9.78 Å². The SMILES string of the molecule is CCCc1cc(OC(=O)c2ccc(C)cc2)n(-c2ccc(C)cc2C)n1. The van der Waals surface area contributed by atoms with E-state index in [9.17, 15) is 4.79 Å². The Balaban J connectivity index is 1.97. The van der Waals surface area contributed by atoms with Crippen molar-refractivity contribution in [3.05, 3.63) is 76.5 Å². The van der Waals surface area contributed by atoms with Crippen LogP contribution in [0, 0.1) is 20.8 Å². The highest BCUT2D eigenvalue weighted by Gasteiger charge is 2.17. The Morgan fingerprint density at radius 1 is 1.00 bits per heavy atom. The summed E-state index contributed by atoms with van der Waals surface area (Å²) < 4.78 is 7.43. The average molecular weight is 348 g/mol. The van der Waals surface area contributed by atoms with Gasteiger partial charge in [-0.2, -0.15) is 5.10 Å². The van der Waals surface area contributed by atoms with Crippen LogP contribution < -0.4 is 4.74 Å². The van der Waals surface area contributed by atoms with Gasteiger partial charge in [0.05, 0.1) is 16.9 Å². The lowest BCUT2D eigenvalue weighted by Crippen LogP contribution is -2.12. The summed E-state index contributed by atoms with van der Waals surface area (Å²) in [7, 11) is 0. The normalized spacial score (nSPS) is 10.8. The van der Waals surface area contributed by atoms with E-state index in [-0.39, 0.29) is 5.97 Å². The fourth-order valence-corrected chi connectivity index (χ4v) is 2.92. The summed E-state index contributed by atoms with van der Waals surface area (Å²) in [6.45, 7) is 8.19. The molecule has 2 aromatic carbocycles. The molecule has 26 heavy (non-hydrogen) atoms. The van der Waals surface area contributed by atoms with Crippen molar-refractivity contribution in [1.29, 1.82) is 0 Å². The van der Waals surface area contributed by atoms with Gasteiger partial charge in [-0.15, -0.1) is 0 Å². The lowest BCUT2D eigenvalue weighted by Gasteiger charge is -2.11. The lowest BCUT2D eigenvalue weighted by molar-refractivity contribution is 0.0723. The molecule has 0 aliphatic carbocycles. The molecule has 0 atom stereocenters. The van der Waals surface area contributed by atoms with E-state index in [1.165, 1.54) is 5.56 Å². The fraction of sp³-hybridized carbons (Fsp3) is 0.273. The molecular weight excluding hydrogens is 324 g/mol. The van der Waals surface area contributed by atoms with Crippen LogP contribution in [0.1, 0.15) is 46.1 Å². The van der Waals surface area contributed by atoms with Crippen LogP contribution >= 0.6 is 0 Å². The third-order valence-electron chi connectivity index (χ3n) is 4.30. The molecule has 0 fully saturated rings. The molecule has 1 heterocycles. The van der Waals surface area contributed by atoms with Crippen LogP contribution in [0.3, 0.4) is 0 Å².